The van der Waals surface area contributed by atoms with Crippen molar-refractivity contribution in [3.63, 3.8) is 0 Å². The predicted octanol–water partition coefficient (Wildman–Crippen LogP) is 0.975. The lowest BCUT2D eigenvalue weighted by molar-refractivity contribution is 0.886. The van der Waals surface area contributed by atoms with Crippen LogP contribution in [0, 0.1) is 3.57 Å². The first-order valence-corrected chi connectivity index (χ1v) is 5.35. The first-order chi connectivity index (χ1) is 6.27. The first kappa shape index (κ1) is 8.98. The summed E-state index contributed by atoms with van der Waals surface area (Å²) in [5, 5.41) is 0. The van der Waals surface area contributed by atoms with Crippen molar-refractivity contribution in [1.29, 1.82) is 0 Å². The van der Waals surface area contributed by atoms with Gasteiger partial charge in [0.15, 0.2) is 0 Å². The molecule has 1 fully saturated rings. The van der Waals surface area contributed by atoms with Gasteiger partial charge in [-0.1, -0.05) is 0 Å². The fourth-order valence-electron chi connectivity index (χ4n) is 1.46. The lowest BCUT2D eigenvalue weighted by atomic mass is 10.4. The van der Waals surface area contributed by atoms with Gasteiger partial charge in [0.1, 0.15) is 0 Å². The highest BCUT2D eigenvalue weighted by atomic mass is 127. The number of hydrogen-bond acceptors (Lipinski definition) is 3. The van der Waals surface area contributed by atoms with Gasteiger partial charge < -0.3 is 4.90 Å². The number of H-pyrrole nitrogens is 1. The molecule has 0 spiro atoms. The van der Waals surface area contributed by atoms with Crippen molar-refractivity contribution >= 4 is 28.5 Å². The standard InChI is InChI=1S/C8H10IN3O/c9-6-5-10-8(11-7(6)13)12-3-1-2-4-12/h5H,1-4H2,(H,10,11,13). The third kappa shape index (κ3) is 1.84. The van der Waals surface area contributed by atoms with Gasteiger partial charge >= 0.3 is 0 Å². The minimum absolute atomic E-state index is 0.0440. The summed E-state index contributed by atoms with van der Waals surface area (Å²) in [4.78, 5) is 20.3. The molecule has 0 atom stereocenters. The molecule has 70 valence electrons. The molecule has 0 aliphatic carbocycles. The summed E-state index contributed by atoms with van der Waals surface area (Å²) in [6.45, 7) is 2.01. The zero-order valence-electron chi connectivity index (χ0n) is 7.09. The maximum Gasteiger partial charge on any atom is 0.265 e. The third-order valence-electron chi connectivity index (χ3n) is 2.15. The van der Waals surface area contributed by atoms with Crippen molar-refractivity contribution in [2.75, 3.05) is 18.0 Å². The van der Waals surface area contributed by atoms with E-state index in [4.69, 9.17) is 0 Å². The van der Waals surface area contributed by atoms with Crippen LogP contribution >= 0.6 is 22.6 Å². The fourth-order valence-corrected chi connectivity index (χ4v) is 1.73. The molecular formula is C8H10IN3O. The lowest BCUT2D eigenvalue weighted by Gasteiger charge is -2.14. The SMILES string of the molecule is O=c1[nH]c(N2CCCC2)ncc1I. The van der Waals surface area contributed by atoms with Crippen molar-refractivity contribution in [3.8, 4) is 0 Å². The molecule has 4 nitrogen and oxygen atoms in total. The van der Waals surface area contributed by atoms with Crippen LogP contribution in [0.1, 0.15) is 12.8 Å². The molecule has 2 rings (SSSR count). The van der Waals surface area contributed by atoms with Crippen molar-refractivity contribution in [3.05, 3.63) is 20.1 Å². The molecule has 1 aliphatic heterocycles. The molecule has 0 radical (unpaired) electrons. The molecule has 0 amide bonds. The van der Waals surface area contributed by atoms with E-state index in [2.05, 4.69) is 14.9 Å². The Morgan fingerprint density at radius 3 is 2.77 bits per heavy atom. The highest BCUT2D eigenvalue weighted by Crippen LogP contribution is 2.13. The Hall–Kier alpha value is -0.590. The van der Waals surface area contributed by atoms with Crippen LogP contribution < -0.4 is 10.5 Å². The first-order valence-electron chi connectivity index (χ1n) is 4.27. The molecule has 0 saturated carbocycles. The summed E-state index contributed by atoms with van der Waals surface area (Å²) in [6.07, 6.45) is 4.00. The third-order valence-corrected chi connectivity index (χ3v) is 2.92. The summed E-state index contributed by atoms with van der Waals surface area (Å²) in [5.74, 6) is 0.711. The molecule has 1 N–H and O–H groups in total. The number of aromatic amines is 1. The van der Waals surface area contributed by atoms with E-state index in [1.165, 1.54) is 12.8 Å². The summed E-state index contributed by atoms with van der Waals surface area (Å²) in [7, 11) is 0. The Morgan fingerprint density at radius 2 is 2.15 bits per heavy atom. The molecule has 2 heterocycles. The highest BCUT2D eigenvalue weighted by molar-refractivity contribution is 14.1. The molecule has 13 heavy (non-hydrogen) atoms. The number of anilines is 1. The van der Waals surface area contributed by atoms with Gasteiger partial charge in [0, 0.05) is 19.3 Å². The average molecular weight is 291 g/mol. The van der Waals surface area contributed by atoms with E-state index in [-0.39, 0.29) is 5.56 Å². The van der Waals surface area contributed by atoms with Gasteiger partial charge in [0.05, 0.1) is 3.57 Å². The summed E-state index contributed by atoms with van der Waals surface area (Å²) in [6, 6.07) is 0. The quantitative estimate of drug-likeness (QED) is 0.785. The van der Waals surface area contributed by atoms with Gasteiger partial charge in [-0.15, -0.1) is 0 Å². The van der Waals surface area contributed by atoms with Crippen molar-refractivity contribution < 1.29 is 0 Å². The van der Waals surface area contributed by atoms with E-state index in [0.29, 0.717) is 9.52 Å². The van der Waals surface area contributed by atoms with Gasteiger partial charge in [-0.3, -0.25) is 9.78 Å². The summed E-state index contributed by atoms with van der Waals surface area (Å²) < 4.78 is 0.639. The average Bonchev–Trinajstić information content (AvgIpc) is 2.62. The zero-order valence-corrected chi connectivity index (χ0v) is 9.24. The van der Waals surface area contributed by atoms with Gasteiger partial charge in [-0.25, -0.2) is 4.98 Å². The number of halogens is 1. The monoisotopic (exact) mass is 291 g/mol. The number of nitrogens with zero attached hydrogens (tertiary/aromatic N) is 2. The Balaban J connectivity index is 2.30. The van der Waals surface area contributed by atoms with E-state index in [9.17, 15) is 4.79 Å². The molecule has 5 heteroatoms. The van der Waals surface area contributed by atoms with Crippen LogP contribution in [-0.4, -0.2) is 23.1 Å². The maximum atomic E-state index is 11.3. The van der Waals surface area contributed by atoms with E-state index >= 15 is 0 Å². The molecule has 1 aliphatic rings. The number of nitrogens with one attached hydrogen (secondary N) is 1. The molecule has 1 aromatic heterocycles. The summed E-state index contributed by atoms with van der Waals surface area (Å²) in [5.41, 5.74) is -0.0440. The zero-order chi connectivity index (χ0) is 9.26. The predicted molar refractivity (Wildman–Crippen MR) is 59.0 cm³/mol. The second kappa shape index (κ2) is 3.65. The Kier molecular flexibility index (Phi) is 2.52. The van der Waals surface area contributed by atoms with E-state index < -0.39 is 0 Å². The highest BCUT2D eigenvalue weighted by Gasteiger charge is 2.14. The van der Waals surface area contributed by atoms with E-state index in [1.54, 1.807) is 6.20 Å². The van der Waals surface area contributed by atoms with Crippen LogP contribution in [0.4, 0.5) is 5.95 Å². The lowest BCUT2D eigenvalue weighted by Crippen LogP contribution is -2.24. The number of hydrogen-bond donors (Lipinski definition) is 1. The molecule has 1 saturated heterocycles. The number of rotatable bonds is 1. The van der Waals surface area contributed by atoms with Crippen LogP contribution in [0.5, 0.6) is 0 Å². The normalized spacial score (nSPS) is 16.5. The topological polar surface area (TPSA) is 49.0 Å². The smallest absolute Gasteiger partial charge is 0.265 e. The maximum absolute atomic E-state index is 11.3. The van der Waals surface area contributed by atoms with Crippen molar-refractivity contribution in [1.82, 2.24) is 9.97 Å². The van der Waals surface area contributed by atoms with Gasteiger partial charge in [-0.05, 0) is 35.4 Å². The van der Waals surface area contributed by atoms with Crippen LogP contribution in [-0.2, 0) is 0 Å². The van der Waals surface area contributed by atoms with Gasteiger partial charge in [0.25, 0.3) is 5.56 Å². The van der Waals surface area contributed by atoms with Crippen LogP contribution in [0.2, 0.25) is 0 Å². The molecule has 0 unspecified atom stereocenters. The van der Waals surface area contributed by atoms with Gasteiger partial charge in [-0.2, -0.15) is 0 Å². The molecular weight excluding hydrogens is 281 g/mol. The minimum Gasteiger partial charge on any atom is -0.342 e. The largest absolute Gasteiger partial charge is 0.342 e. The van der Waals surface area contributed by atoms with E-state index in [1.807, 2.05) is 22.6 Å². The van der Waals surface area contributed by atoms with Crippen LogP contribution in [0.3, 0.4) is 0 Å². The van der Waals surface area contributed by atoms with Crippen molar-refractivity contribution in [2.45, 2.75) is 12.8 Å². The molecule has 0 aromatic carbocycles. The minimum atomic E-state index is -0.0440. The second-order valence-electron chi connectivity index (χ2n) is 3.08. The van der Waals surface area contributed by atoms with E-state index in [0.717, 1.165) is 13.1 Å². The Labute approximate surface area is 89.5 Å². The number of aromatic nitrogens is 2. The second-order valence-corrected chi connectivity index (χ2v) is 4.24. The van der Waals surface area contributed by atoms with Crippen molar-refractivity contribution in [2.24, 2.45) is 0 Å². The van der Waals surface area contributed by atoms with Crippen LogP contribution in [0.15, 0.2) is 11.0 Å². The van der Waals surface area contributed by atoms with Crippen LogP contribution in [0.25, 0.3) is 0 Å². The fraction of sp³-hybridized carbons (Fsp3) is 0.500. The Bertz CT molecular complexity index is 357. The summed E-state index contributed by atoms with van der Waals surface area (Å²) >= 11 is 1.98. The molecule has 1 aromatic rings. The van der Waals surface area contributed by atoms with Gasteiger partial charge in [0.2, 0.25) is 5.95 Å². The molecule has 0 bridgehead atoms. The Morgan fingerprint density at radius 1 is 1.46 bits per heavy atom.